The molecule has 3 amide bonds. The van der Waals surface area contributed by atoms with Crippen LogP contribution in [0.15, 0.2) is 66.7 Å². The van der Waals surface area contributed by atoms with Crippen molar-refractivity contribution in [3.63, 3.8) is 0 Å². The second-order valence-electron chi connectivity index (χ2n) is 11.1. The zero-order valence-electron chi connectivity index (χ0n) is 23.3. The van der Waals surface area contributed by atoms with E-state index in [1.54, 1.807) is 17.0 Å². The molecule has 3 aromatic carbocycles. The molecule has 1 saturated carbocycles. The minimum absolute atomic E-state index is 0.0324. The summed E-state index contributed by atoms with van der Waals surface area (Å²) in [5.41, 5.74) is 5.36. The third-order valence-corrected chi connectivity index (χ3v) is 8.63. The lowest BCUT2D eigenvalue weighted by Crippen LogP contribution is -2.31. The Morgan fingerprint density at radius 3 is 2.46 bits per heavy atom. The number of hydrogen-bond acceptors (Lipinski definition) is 3. The zero-order valence-corrected chi connectivity index (χ0v) is 24.1. The molecule has 41 heavy (non-hydrogen) atoms. The maximum Gasteiger partial charge on any atom is 0.324 e. The lowest BCUT2D eigenvalue weighted by Gasteiger charge is -2.25. The van der Waals surface area contributed by atoms with Crippen molar-refractivity contribution in [1.29, 1.82) is 0 Å². The van der Waals surface area contributed by atoms with Crippen LogP contribution < -0.4 is 10.2 Å². The largest absolute Gasteiger partial charge is 0.481 e. The quantitative estimate of drug-likeness (QED) is 0.273. The molecule has 8 heteroatoms. The van der Waals surface area contributed by atoms with Gasteiger partial charge in [-0.3, -0.25) is 14.5 Å². The average molecular weight is 574 g/mol. The minimum atomic E-state index is -0.837. The number of hydrogen-bond donors (Lipinski definition) is 2. The van der Waals surface area contributed by atoms with Gasteiger partial charge in [0.1, 0.15) is 0 Å². The predicted octanol–water partition coefficient (Wildman–Crippen LogP) is 7.02. The summed E-state index contributed by atoms with van der Waals surface area (Å²) in [6.07, 6.45) is 4.75. The van der Waals surface area contributed by atoms with Gasteiger partial charge in [-0.05, 0) is 78.6 Å². The fraction of sp³-hybridized carbons (Fsp3) is 0.364. The van der Waals surface area contributed by atoms with E-state index in [0.717, 1.165) is 59.3 Å². The summed E-state index contributed by atoms with van der Waals surface area (Å²) in [4.78, 5) is 41.5. The van der Waals surface area contributed by atoms with Gasteiger partial charge in [0.15, 0.2) is 0 Å². The highest BCUT2D eigenvalue weighted by molar-refractivity contribution is 6.30. The van der Waals surface area contributed by atoms with E-state index in [1.807, 2.05) is 66.4 Å². The SMILES string of the molecule is Cc1c(CCC(=O)O)cccc1NC(=O)C(c1ccc(CN2CCN(c3cccc(Cl)c3)C2=O)cc1)C1CCCC1. The predicted molar refractivity (Wildman–Crippen MR) is 162 cm³/mol. The Labute approximate surface area is 246 Å². The second kappa shape index (κ2) is 12.8. The number of amides is 3. The van der Waals surface area contributed by atoms with Crippen LogP contribution in [0.2, 0.25) is 5.02 Å². The fourth-order valence-corrected chi connectivity index (χ4v) is 6.32. The summed E-state index contributed by atoms with van der Waals surface area (Å²) in [6, 6.07) is 21.1. The van der Waals surface area contributed by atoms with Crippen LogP contribution in [-0.4, -0.2) is 41.0 Å². The molecule has 0 radical (unpaired) electrons. The normalized spacial score (nSPS) is 16.3. The number of nitrogens with one attached hydrogen (secondary N) is 1. The number of carboxylic acid groups (broad SMARTS) is 1. The topological polar surface area (TPSA) is 89.9 Å². The van der Waals surface area contributed by atoms with E-state index in [9.17, 15) is 14.4 Å². The van der Waals surface area contributed by atoms with Crippen molar-refractivity contribution in [2.24, 2.45) is 5.92 Å². The molecule has 0 bridgehead atoms. The standard InChI is InChI=1S/C33H36ClN3O4/c1-22-24(16-17-30(38)39)8-4-11-29(22)35-32(40)31(25-6-2-3-7-25)26-14-12-23(13-15-26)21-36-18-19-37(33(36)41)28-10-5-9-27(34)20-28/h4-5,8-15,20,25,31H,2-3,6-7,16-19,21H2,1H3,(H,35,40)(H,38,39). The first-order valence-electron chi connectivity index (χ1n) is 14.3. The molecule has 1 aliphatic heterocycles. The highest BCUT2D eigenvalue weighted by Gasteiger charge is 2.33. The van der Waals surface area contributed by atoms with Crippen LogP contribution in [0.5, 0.6) is 0 Å². The summed E-state index contributed by atoms with van der Waals surface area (Å²) >= 11 is 6.13. The number of carbonyl (C=O) groups excluding carboxylic acids is 2. The van der Waals surface area contributed by atoms with Gasteiger partial charge in [0.25, 0.3) is 0 Å². The smallest absolute Gasteiger partial charge is 0.324 e. The van der Waals surface area contributed by atoms with Crippen LogP contribution in [-0.2, 0) is 22.6 Å². The van der Waals surface area contributed by atoms with Crippen LogP contribution in [0, 0.1) is 12.8 Å². The maximum atomic E-state index is 13.8. The zero-order chi connectivity index (χ0) is 28.9. The molecule has 1 heterocycles. The summed E-state index contributed by atoms with van der Waals surface area (Å²) < 4.78 is 0. The van der Waals surface area contributed by atoms with Crippen LogP contribution in [0.3, 0.4) is 0 Å². The average Bonchev–Trinajstić information content (AvgIpc) is 3.60. The van der Waals surface area contributed by atoms with Crippen molar-refractivity contribution in [2.45, 2.75) is 57.9 Å². The molecule has 0 aromatic heterocycles. The Kier molecular flexibility index (Phi) is 8.93. The molecule has 1 unspecified atom stereocenters. The summed E-state index contributed by atoms with van der Waals surface area (Å²) in [7, 11) is 0. The molecular formula is C33H36ClN3O4. The van der Waals surface area contributed by atoms with E-state index in [1.165, 1.54) is 0 Å². The number of aryl methyl sites for hydroxylation is 1. The van der Waals surface area contributed by atoms with Crippen molar-refractivity contribution in [1.82, 2.24) is 4.90 Å². The fourth-order valence-electron chi connectivity index (χ4n) is 6.13. The van der Waals surface area contributed by atoms with Crippen molar-refractivity contribution in [3.8, 4) is 0 Å². The molecule has 214 valence electrons. The van der Waals surface area contributed by atoms with Gasteiger partial charge in [-0.25, -0.2) is 4.79 Å². The maximum absolute atomic E-state index is 13.8. The van der Waals surface area contributed by atoms with Crippen LogP contribution in [0.25, 0.3) is 0 Å². The Bertz CT molecular complexity index is 1420. The number of urea groups is 1. The molecule has 2 aliphatic rings. The lowest BCUT2D eigenvalue weighted by molar-refractivity contribution is -0.137. The molecular weight excluding hydrogens is 538 g/mol. The van der Waals surface area contributed by atoms with Gasteiger partial charge >= 0.3 is 12.0 Å². The summed E-state index contributed by atoms with van der Waals surface area (Å²) in [5, 5.41) is 12.9. The van der Waals surface area contributed by atoms with E-state index in [2.05, 4.69) is 5.32 Å². The number of aliphatic carboxylic acids is 1. The van der Waals surface area contributed by atoms with E-state index in [4.69, 9.17) is 16.7 Å². The number of benzene rings is 3. The first-order valence-corrected chi connectivity index (χ1v) is 14.7. The van der Waals surface area contributed by atoms with Gasteiger partial charge in [-0.1, -0.05) is 66.9 Å². The summed E-state index contributed by atoms with van der Waals surface area (Å²) in [6.45, 7) is 3.67. The van der Waals surface area contributed by atoms with Crippen LogP contribution in [0.1, 0.15) is 60.3 Å². The molecule has 2 fully saturated rings. The molecule has 1 saturated heterocycles. The van der Waals surface area contributed by atoms with Crippen molar-refractivity contribution >= 4 is 40.9 Å². The van der Waals surface area contributed by atoms with Gasteiger partial charge in [0.05, 0.1) is 5.92 Å². The molecule has 2 N–H and O–H groups in total. The summed E-state index contributed by atoms with van der Waals surface area (Å²) in [5.74, 6) is -0.880. The first-order chi connectivity index (χ1) is 19.8. The van der Waals surface area contributed by atoms with Gasteiger partial charge in [0.2, 0.25) is 5.91 Å². The molecule has 5 rings (SSSR count). The van der Waals surface area contributed by atoms with Crippen molar-refractivity contribution in [2.75, 3.05) is 23.3 Å². The molecule has 3 aromatic rings. The second-order valence-corrected chi connectivity index (χ2v) is 11.5. The van der Waals surface area contributed by atoms with Gasteiger partial charge < -0.3 is 15.3 Å². The number of carboxylic acids is 1. The highest BCUT2D eigenvalue weighted by Crippen LogP contribution is 2.38. The number of carbonyl (C=O) groups is 3. The first kappa shape index (κ1) is 28.7. The Balaban J connectivity index is 1.29. The molecule has 7 nitrogen and oxygen atoms in total. The van der Waals surface area contributed by atoms with Crippen molar-refractivity contribution in [3.05, 3.63) is 94.0 Å². The number of nitrogens with zero attached hydrogens (tertiary/aromatic N) is 2. The van der Waals surface area contributed by atoms with Gasteiger partial charge in [-0.15, -0.1) is 0 Å². The minimum Gasteiger partial charge on any atom is -0.481 e. The Hall–Kier alpha value is -3.84. The third kappa shape index (κ3) is 6.73. The van der Waals surface area contributed by atoms with Crippen LogP contribution >= 0.6 is 11.6 Å². The highest BCUT2D eigenvalue weighted by atomic mass is 35.5. The monoisotopic (exact) mass is 573 g/mol. The van der Waals surface area contributed by atoms with Crippen molar-refractivity contribution < 1.29 is 19.5 Å². The lowest BCUT2D eigenvalue weighted by atomic mass is 9.83. The van der Waals surface area contributed by atoms with E-state index < -0.39 is 5.97 Å². The van der Waals surface area contributed by atoms with E-state index >= 15 is 0 Å². The molecule has 0 spiro atoms. The third-order valence-electron chi connectivity index (χ3n) is 8.39. The Morgan fingerprint density at radius 1 is 1.02 bits per heavy atom. The van der Waals surface area contributed by atoms with Gasteiger partial charge in [-0.2, -0.15) is 0 Å². The number of halogens is 1. The van der Waals surface area contributed by atoms with E-state index in [-0.39, 0.29) is 30.2 Å². The number of anilines is 2. The molecule has 1 aliphatic carbocycles. The molecule has 1 atom stereocenters. The number of rotatable bonds is 10. The van der Waals surface area contributed by atoms with Crippen LogP contribution in [0.4, 0.5) is 16.2 Å². The Morgan fingerprint density at radius 2 is 1.76 bits per heavy atom. The van der Waals surface area contributed by atoms with E-state index in [0.29, 0.717) is 31.1 Å². The van der Waals surface area contributed by atoms with Gasteiger partial charge in [0, 0.05) is 42.5 Å².